The third-order valence-electron chi connectivity index (χ3n) is 4.69. The molecule has 0 saturated heterocycles. The first kappa shape index (κ1) is 19.7. The second-order valence-electron chi connectivity index (χ2n) is 6.66. The van der Waals surface area contributed by atoms with E-state index in [1.54, 1.807) is 38.7 Å². The fourth-order valence-electron chi connectivity index (χ4n) is 3.20. The first-order chi connectivity index (χ1) is 14.7. The number of unbranched alkanes of at least 4 members (excludes halogenated alkanes) is 1. The molecule has 0 unspecified atom stereocenters. The Labute approximate surface area is 172 Å². The lowest BCUT2D eigenvalue weighted by Crippen LogP contribution is -2.04. The highest BCUT2D eigenvalue weighted by atomic mass is 16.5. The summed E-state index contributed by atoms with van der Waals surface area (Å²) in [5, 5.41) is 1.58. The van der Waals surface area contributed by atoms with E-state index in [1.807, 2.05) is 18.2 Å². The van der Waals surface area contributed by atoms with Gasteiger partial charge >= 0.3 is 5.63 Å². The second kappa shape index (κ2) is 8.82. The van der Waals surface area contributed by atoms with E-state index in [4.69, 9.17) is 27.8 Å². The zero-order chi connectivity index (χ0) is 20.9. The standard InChI is InChI=1S/C23H22O7/c1-25-15-11-16(26-2)13-17(12-15)27-8-3-4-9-29-23-18-5-6-22(24)30-21(18)14-20-19(23)7-10-28-20/h5-7,10-14H,3-4,8-9H2,1-2H3. The van der Waals surface area contributed by atoms with Gasteiger partial charge in [-0.25, -0.2) is 4.79 Å². The van der Waals surface area contributed by atoms with Crippen molar-refractivity contribution in [3.8, 4) is 23.0 Å². The monoisotopic (exact) mass is 410 g/mol. The normalized spacial score (nSPS) is 11.0. The molecule has 30 heavy (non-hydrogen) atoms. The van der Waals surface area contributed by atoms with Crippen molar-refractivity contribution in [3.63, 3.8) is 0 Å². The molecule has 156 valence electrons. The van der Waals surface area contributed by atoms with Crippen LogP contribution in [0.15, 0.2) is 62.4 Å². The lowest BCUT2D eigenvalue weighted by atomic mass is 10.1. The predicted octanol–water partition coefficient (Wildman–Crippen LogP) is 4.79. The van der Waals surface area contributed by atoms with Crippen molar-refractivity contribution in [2.45, 2.75) is 12.8 Å². The maximum absolute atomic E-state index is 11.5. The van der Waals surface area contributed by atoms with Crippen LogP contribution in [0.5, 0.6) is 23.0 Å². The van der Waals surface area contributed by atoms with Gasteiger partial charge in [-0.2, -0.15) is 0 Å². The SMILES string of the molecule is COc1cc(OC)cc(OCCCCOc2c3ccoc3cc3oc(=O)ccc23)c1. The van der Waals surface area contributed by atoms with Crippen LogP contribution in [0.3, 0.4) is 0 Å². The molecule has 0 radical (unpaired) electrons. The molecule has 0 bridgehead atoms. The summed E-state index contributed by atoms with van der Waals surface area (Å²) in [4.78, 5) is 11.5. The van der Waals surface area contributed by atoms with E-state index < -0.39 is 5.63 Å². The van der Waals surface area contributed by atoms with Crippen LogP contribution in [-0.2, 0) is 0 Å². The first-order valence-electron chi connectivity index (χ1n) is 9.60. The Balaban J connectivity index is 1.36. The van der Waals surface area contributed by atoms with Gasteiger partial charge in [-0.05, 0) is 25.0 Å². The summed E-state index contributed by atoms with van der Waals surface area (Å²) in [6.07, 6.45) is 3.17. The van der Waals surface area contributed by atoms with Crippen LogP contribution in [0.25, 0.3) is 21.9 Å². The molecule has 4 rings (SSSR count). The van der Waals surface area contributed by atoms with Crippen molar-refractivity contribution in [1.82, 2.24) is 0 Å². The number of fused-ring (bicyclic) bond motifs is 2. The van der Waals surface area contributed by atoms with Gasteiger partial charge in [0, 0.05) is 30.3 Å². The van der Waals surface area contributed by atoms with Crippen molar-refractivity contribution in [2.75, 3.05) is 27.4 Å². The molecule has 0 N–H and O–H groups in total. The number of ether oxygens (including phenoxy) is 4. The Hall–Kier alpha value is -3.61. The van der Waals surface area contributed by atoms with Gasteiger partial charge in [0.05, 0.1) is 44.5 Å². The summed E-state index contributed by atoms with van der Waals surface area (Å²) in [6, 6.07) is 12.1. The summed E-state index contributed by atoms with van der Waals surface area (Å²) >= 11 is 0. The average Bonchev–Trinajstić information content (AvgIpc) is 3.23. The minimum Gasteiger partial charge on any atom is -0.496 e. The van der Waals surface area contributed by atoms with Crippen molar-refractivity contribution in [3.05, 3.63) is 59.1 Å². The molecule has 0 atom stereocenters. The summed E-state index contributed by atoms with van der Waals surface area (Å²) in [6.45, 7) is 1.02. The molecule has 0 aliphatic heterocycles. The molecule has 7 nitrogen and oxygen atoms in total. The number of hydrogen-bond acceptors (Lipinski definition) is 7. The molecule has 0 aliphatic rings. The van der Waals surface area contributed by atoms with Crippen LogP contribution in [0, 0.1) is 0 Å². The molecule has 0 amide bonds. The average molecular weight is 410 g/mol. The van der Waals surface area contributed by atoms with Crippen LogP contribution >= 0.6 is 0 Å². The second-order valence-corrected chi connectivity index (χ2v) is 6.66. The van der Waals surface area contributed by atoms with Gasteiger partial charge in [-0.1, -0.05) is 0 Å². The fourth-order valence-corrected chi connectivity index (χ4v) is 3.20. The maximum Gasteiger partial charge on any atom is 0.336 e. The van der Waals surface area contributed by atoms with E-state index in [1.165, 1.54) is 6.07 Å². The lowest BCUT2D eigenvalue weighted by Gasteiger charge is -2.11. The minimum atomic E-state index is -0.411. The van der Waals surface area contributed by atoms with Crippen molar-refractivity contribution >= 4 is 21.9 Å². The van der Waals surface area contributed by atoms with Crippen molar-refractivity contribution < 1.29 is 27.8 Å². The highest BCUT2D eigenvalue weighted by Crippen LogP contribution is 2.35. The predicted molar refractivity (Wildman–Crippen MR) is 112 cm³/mol. The number of methoxy groups -OCH3 is 2. The summed E-state index contributed by atoms with van der Waals surface area (Å²) < 4.78 is 33.1. The Kier molecular flexibility index (Phi) is 5.79. The maximum atomic E-state index is 11.5. The van der Waals surface area contributed by atoms with Crippen LogP contribution < -0.4 is 24.6 Å². The van der Waals surface area contributed by atoms with Gasteiger partial charge in [-0.15, -0.1) is 0 Å². The zero-order valence-electron chi connectivity index (χ0n) is 16.8. The van der Waals surface area contributed by atoms with Gasteiger partial charge in [0.15, 0.2) is 0 Å². The molecular formula is C23H22O7. The summed E-state index contributed by atoms with van der Waals surface area (Å²) in [7, 11) is 3.20. The molecule has 2 aromatic carbocycles. The van der Waals surface area contributed by atoms with Gasteiger partial charge < -0.3 is 27.8 Å². The number of furan rings is 1. The van der Waals surface area contributed by atoms with Crippen LogP contribution in [-0.4, -0.2) is 27.4 Å². The quantitative estimate of drug-likeness (QED) is 0.290. The molecule has 4 aromatic rings. The molecule has 7 heteroatoms. The van der Waals surface area contributed by atoms with Crippen LogP contribution in [0.4, 0.5) is 0 Å². The summed E-state index contributed by atoms with van der Waals surface area (Å²) in [5.74, 6) is 2.70. The Morgan fingerprint density at radius 1 is 0.767 bits per heavy atom. The van der Waals surface area contributed by atoms with E-state index in [0.717, 1.165) is 23.6 Å². The van der Waals surface area contributed by atoms with Crippen LogP contribution in [0.1, 0.15) is 12.8 Å². The molecule has 2 heterocycles. The lowest BCUT2D eigenvalue weighted by molar-refractivity contribution is 0.267. The van der Waals surface area contributed by atoms with E-state index in [9.17, 15) is 4.79 Å². The Morgan fingerprint density at radius 2 is 1.43 bits per heavy atom. The number of hydrogen-bond donors (Lipinski definition) is 0. The van der Waals surface area contributed by atoms with Crippen molar-refractivity contribution in [1.29, 1.82) is 0 Å². The molecule has 0 spiro atoms. The Bertz CT molecular complexity index is 1180. The zero-order valence-corrected chi connectivity index (χ0v) is 16.8. The summed E-state index contributed by atoms with van der Waals surface area (Å²) in [5.41, 5.74) is 0.642. The van der Waals surface area contributed by atoms with Crippen molar-refractivity contribution in [2.24, 2.45) is 0 Å². The topological polar surface area (TPSA) is 80.3 Å². The molecular weight excluding hydrogens is 388 g/mol. The van der Waals surface area contributed by atoms with Gasteiger partial charge in [-0.3, -0.25) is 0 Å². The van der Waals surface area contributed by atoms with Gasteiger partial charge in [0.2, 0.25) is 0 Å². The highest BCUT2D eigenvalue weighted by Gasteiger charge is 2.13. The minimum absolute atomic E-state index is 0.411. The molecule has 0 saturated carbocycles. The number of rotatable bonds is 9. The highest BCUT2D eigenvalue weighted by molar-refractivity contribution is 6.01. The molecule has 0 fully saturated rings. The smallest absolute Gasteiger partial charge is 0.336 e. The number of benzene rings is 2. The fraction of sp³-hybridized carbons (Fsp3) is 0.261. The first-order valence-corrected chi connectivity index (χ1v) is 9.60. The largest absolute Gasteiger partial charge is 0.496 e. The van der Waals surface area contributed by atoms with Crippen LogP contribution in [0.2, 0.25) is 0 Å². The third-order valence-corrected chi connectivity index (χ3v) is 4.69. The van der Waals surface area contributed by atoms with E-state index in [2.05, 4.69) is 0 Å². The Morgan fingerprint density at radius 3 is 2.17 bits per heavy atom. The molecule has 0 aliphatic carbocycles. The van der Waals surface area contributed by atoms with Gasteiger partial charge in [0.1, 0.15) is 34.2 Å². The molecule has 2 aromatic heterocycles. The van der Waals surface area contributed by atoms with E-state index in [0.29, 0.717) is 47.4 Å². The van der Waals surface area contributed by atoms with E-state index in [-0.39, 0.29) is 0 Å². The third kappa shape index (κ3) is 4.20. The van der Waals surface area contributed by atoms with E-state index >= 15 is 0 Å². The van der Waals surface area contributed by atoms with Gasteiger partial charge in [0.25, 0.3) is 0 Å².